The zero-order valence-corrected chi connectivity index (χ0v) is 12.5. The van der Waals surface area contributed by atoms with E-state index in [-0.39, 0.29) is 12.5 Å². The van der Waals surface area contributed by atoms with Crippen LogP contribution in [0.25, 0.3) is 0 Å². The largest absolute Gasteiger partial charge is 0.376 e. The normalized spacial score (nSPS) is 10.4. The zero-order valence-electron chi connectivity index (χ0n) is 12.5. The Labute approximate surface area is 125 Å². The first-order chi connectivity index (χ1) is 10.2. The van der Waals surface area contributed by atoms with Crippen molar-refractivity contribution in [3.05, 3.63) is 59.9 Å². The summed E-state index contributed by atoms with van der Waals surface area (Å²) in [6.07, 6.45) is 3.47. The van der Waals surface area contributed by atoms with E-state index in [4.69, 9.17) is 0 Å². The summed E-state index contributed by atoms with van der Waals surface area (Å²) in [7, 11) is 0. The highest BCUT2D eigenvalue weighted by molar-refractivity contribution is 5.81. The molecular weight excluding hydrogens is 262 g/mol. The van der Waals surface area contributed by atoms with Crippen LogP contribution >= 0.6 is 0 Å². The van der Waals surface area contributed by atoms with Gasteiger partial charge in [0, 0.05) is 24.6 Å². The fourth-order valence-electron chi connectivity index (χ4n) is 2.10. The highest BCUT2D eigenvalue weighted by Crippen LogP contribution is 2.23. The molecule has 0 saturated heterocycles. The van der Waals surface area contributed by atoms with Crippen molar-refractivity contribution in [1.29, 1.82) is 0 Å². The average Bonchev–Trinajstić information content (AvgIpc) is 2.52. The lowest BCUT2D eigenvalue weighted by Gasteiger charge is -2.14. The van der Waals surface area contributed by atoms with Crippen molar-refractivity contribution in [3.8, 4) is 0 Å². The molecule has 1 amide bonds. The lowest BCUT2D eigenvalue weighted by atomic mass is 10.0. The second-order valence-electron chi connectivity index (χ2n) is 5.23. The maximum absolute atomic E-state index is 11.9. The third kappa shape index (κ3) is 4.60. The number of amides is 1. The number of aromatic nitrogens is 1. The summed E-state index contributed by atoms with van der Waals surface area (Å²) < 4.78 is 0. The molecule has 110 valence electrons. The van der Waals surface area contributed by atoms with E-state index in [1.807, 2.05) is 30.3 Å². The van der Waals surface area contributed by atoms with Gasteiger partial charge in [-0.25, -0.2) is 0 Å². The minimum Gasteiger partial charge on any atom is -0.376 e. The van der Waals surface area contributed by atoms with Crippen LogP contribution in [0.15, 0.2) is 48.8 Å². The number of hydrogen-bond donors (Lipinski definition) is 2. The number of rotatable bonds is 6. The van der Waals surface area contributed by atoms with Gasteiger partial charge in [0.05, 0.1) is 6.54 Å². The minimum atomic E-state index is -0.0302. The molecule has 0 radical (unpaired) electrons. The average molecular weight is 283 g/mol. The molecule has 1 aromatic heterocycles. The second-order valence-corrected chi connectivity index (χ2v) is 5.23. The van der Waals surface area contributed by atoms with Crippen molar-refractivity contribution in [2.24, 2.45) is 0 Å². The first kappa shape index (κ1) is 15.0. The van der Waals surface area contributed by atoms with Gasteiger partial charge in [0.15, 0.2) is 0 Å². The van der Waals surface area contributed by atoms with Crippen LogP contribution in [0.3, 0.4) is 0 Å². The quantitative estimate of drug-likeness (QED) is 0.857. The van der Waals surface area contributed by atoms with Crippen LogP contribution in [0, 0.1) is 0 Å². The molecule has 1 aromatic carbocycles. The Morgan fingerprint density at radius 3 is 2.71 bits per heavy atom. The van der Waals surface area contributed by atoms with Crippen LogP contribution in [0.1, 0.15) is 30.9 Å². The smallest absolute Gasteiger partial charge is 0.239 e. The monoisotopic (exact) mass is 283 g/mol. The summed E-state index contributed by atoms with van der Waals surface area (Å²) >= 11 is 0. The van der Waals surface area contributed by atoms with Gasteiger partial charge in [0.2, 0.25) is 5.91 Å². The predicted octanol–water partition coefficient (Wildman–Crippen LogP) is 2.93. The Hall–Kier alpha value is -2.36. The van der Waals surface area contributed by atoms with Gasteiger partial charge in [0.1, 0.15) is 0 Å². The maximum Gasteiger partial charge on any atom is 0.239 e. The zero-order chi connectivity index (χ0) is 15.1. The molecule has 0 aliphatic rings. The Balaban J connectivity index is 1.84. The van der Waals surface area contributed by atoms with Gasteiger partial charge in [-0.1, -0.05) is 38.1 Å². The third-order valence-corrected chi connectivity index (χ3v) is 3.23. The number of hydrogen-bond acceptors (Lipinski definition) is 3. The minimum absolute atomic E-state index is 0.0302. The number of carbonyl (C=O) groups excluding carboxylic acids is 1. The van der Waals surface area contributed by atoms with E-state index >= 15 is 0 Å². The van der Waals surface area contributed by atoms with Gasteiger partial charge in [-0.2, -0.15) is 0 Å². The van der Waals surface area contributed by atoms with Crippen LogP contribution in [-0.4, -0.2) is 17.4 Å². The van der Waals surface area contributed by atoms with E-state index in [1.165, 1.54) is 5.56 Å². The van der Waals surface area contributed by atoms with Crippen molar-refractivity contribution in [3.63, 3.8) is 0 Å². The molecule has 4 heteroatoms. The molecule has 1 heterocycles. The summed E-state index contributed by atoms with van der Waals surface area (Å²) in [5.74, 6) is 0.393. The number of nitrogens with one attached hydrogen (secondary N) is 2. The van der Waals surface area contributed by atoms with E-state index in [2.05, 4.69) is 35.5 Å². The Kier molecular flexibility index (Phi) is 5.32. The van der Waals surface area contributed by atoms with Crippen molar-refractivity contribution >= 4 is 11.6 Å². The molecule has 0 aliphatic carbocycles. The van der Waals surface area contributed by atoms with Crippen LogP contribution < -0.4 is 10.6 Å². The van der Waals surface area contributed by atoms with Crippen molar-refractivity contribution < 1.29 is 4.79 Å². The molecule has 0 fully saturated rings. The summed E-state index contributed by atoms with van der Waals surface area (Å²) in [5.41, 5.74) is 3.23. The van der Waals surface area contributed by atoms with Crippen LogP contribution in [-0.2, 0) is 11.3 Å². The molecule has 2 N–H and O–H groups in total. The Morgan fingerprint density at radius 1 is 1.19 bits per heavy atom. The molecule has 2 aromatic rings. The van der Waals surface area contributed by atoms with Crippen molar-refractivity contribution in [2.45, 2.75) is 26.3 Å². The second kappa shape index (κ2) is 7.43. The number of para-hydroxylation sites is 1. The van der Waals surface area contributed by atoms with E-state index in [9.17, 15) is 4.79 Å². The van der Waals surface area contributed by atoms with Crippen molar-refractivity contribution in [1.82, 2.24) is 10.3 Å². The lowest BCUT2D eigenvalue weighted by Crippen LogP contribution is -2.29. The number of pyridine rings is 1. The molecule has 21 heavy (non-hydrogen) atoms. The highest BCUT2D eigenvalue weighted by atomic mass is 16.1. The first-order valence-electron chi connectivity index (χ1n) is 7.15. The fourth-order valence-corrected chi connectivity index (χ4v) is 2.10. The molecule has 0 saturated carbocycles. The SMILES string of the molecule is CC(C)c1ccccc1NCC(=O)NCc1cccnc1. The lowest BCUT2D eigenvalue weighted by molar-refractivity contribution is -0.119. The molecule has 0 spiro atoms. The first-order valence-corrected chi connectivity index (χ1v) is 7.15. The molecule has 4 nitrogen and oxygen atoms in total. The third-order valence-electron chi connectivity index (χ3n) is 3.23. The predicted molar refractivity (Wildman–Crippen MR) is 85.1 cm³/mol. The van der Waals surface area contributed by atoms with Gasteiger partial charge < -0.3 is 10.6 Å². The summed E-state index contributed by atoms with van der Waals surface area (Å²) in [6, 6.07) is 11.9. The van der Waals surface area contributed by atoms with E-state index in [0.717, 1.165) is 11.3 Å². The van der Waals surface area contributed by atoms with Crippen LogP contribution in [0.2, 0.25) is 0 Å². The molecular formula is C17H21N3O. The maximum atomic E-state index is 11.9. The van der Waals surface area contributed by atoms with Crippen LogP contribution in [0.5, 0.6) is 0 Å². The van der Waals surface area contributed by atoms with Gasteiger partial charge in [-0.3, -0.25) is 9.78 Å². The van der Waals surface area contributed by atoms with Gasteiger partial charge >= 0.3 is 0 Å². The summed E-state index contributed by atoms with van der Waals surface area (Å²) in [4.78, 5) is 15.9. The number of carbonyl (C=O) groups is 1. The molecule has 0 atom stereocenters. The Bertz CT molecular complexity index is 582. The Morgan fingerprint density at radius 2 is 2.00 bits per heavy atom. The van der Waals surface area contributed by atoms with Gasteiger partial charge in [-0.05, 0) is 29.2 Å². The molecule has 0 unspecified atom stereocenters. The van der Waals surface area contributed by atoms with E-state index in [0.29, 0.717) is 12.5 Å². The standard InChI is InChI=1S/C17H21N3O/c1-13(2)15-7-3-4-8-16(15)19-12-17(21)20-11-14-6-5-9-18-10-14/h3-10,13,19H,11-12H2,1-2H3,(H,20,21). The van der Waals surface area contributed by atoms with E-state index in [1.54, 1.807) is 12.4 Å². The van der Waals surface area contributed by atoms with Gasteiger partial charge in [0.25, 0.3) is 0 Å². The number of benzene rings is 1. The topological polar surface area (TPSA) is 54.0 Å². The van der Waals surface area contributed by atoms with E-state index < -0.39 is 0 Å². The molecule has 0 aliphatic heterocycles. The highest BCUT2D eigenvalue weighted by Gasteiger charge is 2.07. The van der Waals surface area contributed by atoms with Crippen LogP contribution in [0.4, 0.5) is 5.69 Å². The molecule has 2 rings (SSSR count). The van der Waals surface area contributed by atoms with Gasteiger partial charge in [-0.15, -0.1) is 0 Å². The summed E-state index contributed by atoms with van der Waals surface area (Å²) in [6.45, 7) is 5.05. The number of anilines is 1. The summed E-state index contributed by atoms with van der Waals surface area (Å²) in [5, 5.41) is 6.08. The molecule has 0 bridgehead atoms. The fraction of sp³-hybridized carbons (Fsp3) is 0.294. The number of nitrogens with zero attached hydrogens (tertiary/aromatic N) is 1. The van der Waals surface area contributed by atoms with Crippen molar-refractivity contribution in [2.75, 3.05) is 11.9 Å².